The molecule has 2 rings (SSSR count). The predicted octanol–water partition coefficient (Wildman–Crippen LogP) is 2.21. The molecule has 0 unspecified atom stereocenters. The summed E-state index contributed by atoms with van der Waals surface area (Å²) in [5.41, 5.74) is 11.5. The zero-order valence-electron chi connectivity index (χ0n) is 19.7. The largest absolute Gasteiger partial charge is 0.387 e. The van der Waals surface area contributed by atoms with Gasteiger partial charge in [0.25, 0.3) is 0 Å². The third-order valence-corrected chi connectivity index (χ3v) is 5.68. The predicted molar refractivity (Wildman–Crippen MR) is 126 cm³/mol. The molecule has 186 valence electrons. The van der Waals surface area contributed by atoms with Crippen LogP contribution in [-0.4, -0.2) is 51.9 Å². The number of hydroxylamine groups is 2. The Bertz CT molecular complexity index is 897. The van der Waals surface area contributed by atoms with Crippen LogP contribution in [0.4, 0.5) is 4.39 Å². The number of rotatable bonds is 13. The lowest BCUT2D eigenvalue weighted by molar-refractivity contribution is -0.155. The fraction of sp³-hybridized carbons (Fsp3) is 0.478. The number of nitrogens with zero attached hydrogens (tertiary/aromatic N) is 4. The molecule has 10 nitrogen and oxygen atoms in total. The number of nitrogens with one attached hydrogen (secondary N) is 2. The van der Waals surface area contributed by atoms with Crippen molar-refractivity contribution in [3.8, 4) is 0 Å². The van der Waals surface area contributed by atoms with Gasteiger partial charge < -0.3 is 10.6 Å². The van der Waals surface area contributed by atoms with Gasteiger partial charge in [0.15, 0.2) is 11.6 Å². The zero-order valence-corrected chi connectivity index (χ0v) is 19.7. The van der Waals surface area contributed by atoms with Crippen molar-refractivity contribution in [2.24, 2.45) is 22.6 Å². The Morgan fingerprint density at radius 2 is 2.03 bits per heavy atom. The molecule has 5 N–H and O–H groups in total. The average molecular weight is 476 g/mol. The fourth-order valence-electron chi connectivity index (χ4n) is 3.87. The Labute approximate surface area is 199 Å². The Hall–Kier alpha value is -3.47. The molecule has 1 aromatic rings. The van der Waals surface area contributed by atoms with Gasteiger partial charge in [-0.3, -0.25) is 30.6 Å². The third kappa shape index (κ3) is 8.47. The smallest absolute Gasteiger partial charge is 0.243 e. The van der Waals surface area contributed by atoms with Crippen LogP contribution in [0.15, 0.2) is 53.4 Å². The Morgan fingerprint density at radius 1 is 1.38 bits per heavy atom. The number of likely N-dealkylation sites (N-methyl/N-ethyl adjacent to an activating group) is 1. The van der Waals surface area contributed by atoms with Crippen molar-refractivity contribution in [1.29, 1.82) is 0 Å². The molecule has 0 bridgehead atoms. The molecule has 1 aromatic heterocycles. The number of carbonyl (C=O) groups excluding carboxylic acids is 2. The van der Waals surface area contributed by atoms with Crippen LogP contribution in [0.3, 0.4) is 0 Å². The van der Waals surface area contributed by atoms with Gasteiger partial charge in [0.05, 0.1) is 24.0 Å². The molecule has 1 heterocycles. The van der Waals surface area contributed by atoms with Gasteiger partial charge in [-0.2, -0.15) is 0 Å². The number of aliphatic imine (C=N–C) groups is 1. The number of allylic oxidation sites excluding steroid dienone is 1. The molecular formula is C23H34FN7O3. The van der Waals surface area contributed by atoms with Gasteiger partial charge in [-0.05, 0) is 37.0 Å². The Kier molecular flexibility index (Phi) is 10.5. The van der Waals surface area contributed by atoms with Gasteiger partial charge in [-0.1, -0.05) is 32.3 Å². The summed E-state index contributed by atoms with van der Waals surface area (Å²) in [6.07, 6.45) is 8.19. The lowest BCUT2D eigenvalue weighted by atomic mass is 9.92. The highest BCUT2D eigenvalue weighted by atomic mass is 19.1. The minimum absolute atomic E-state index is 0.0311. The first-order valence-corrected chi connectivity index (χ1v) is 11.2. The van der Waals surface area contributed by atoms with E-state index in [1.54, 1.807) is 36.5 Å². The van der Waals surface area contributed by atoms with Crippen molar-refractivity contribution in [1.82, 2.24) is 25.8 Å². The highest BCUT2D eigenvalue weighted by Gasteiger charge is 2.27. The van der Waals surface area contributed by atoms with E-state index in [0.717, 1.165) is 31.2 Å². The lowest BCUT2D eigenvalue weighted by Gasteiger charge is -2.24. The van der Waals surface area contributed by atoms with E-state index in [0.29, 0.717) is 23.9 Å². The zero-order chi connectivity index (χ0) is 25.1. The van der Waals surface area contributed by atoms with E-state index in [4.69, 9.17) is 5.73 Å². The molecule has 0 aromatic carbocycles. The second-order valence-corrected chi connectivity index (χ2v) is 8.50. The lowest BCUT2D eigenvalue weighted by Crippen LogP contribution is -2.44. The Balaban J connectivity index is 2.12. The van der Waals surface area contributed by atoms with Crippen LogP contribution in [-0.2, 0) is 16.1 Å². The molecule has 0 saturated heterocycles. The van der Waals surface area contributed by atoms with Crippen LogP contribution >= 0.6 is 0 Å². The van der Waals surface area contributed by atoms with Gasteiger partial charge >= 0.3 is 0 Å². The first-order valence-electron chi connectivity index (χ1n) is 11.2. The molecule has 34 heavy (non-hydrogen) atoms. The van der Waals surface area contributed by atoms with Gasteiger partial charge in [0, 0.05) is 26.0 Å². The van der Waals surface area contributed by atoms with Gasteiger partial charge in [0.2, 0.25) is 12.3 Å². The van der Waals surface area contributed by atoms with E-state index in [2.05, 4.69) is 27.4 Å². The highest BCUT2D eigenvalue weighted by Crippen LogP contribution is 2.30. The maximum Gasteiger partial charge on any atom is 0.243 e. The van der Waals surface area contributed by atoms with Crippen LogP contribution in [0.5, 0.6) is 0 Å². The Morgan fingerprint density at radius 3 is 2.62 bits per heavy atom. The summed E-state index contributed by atoms with van der Waals surface area (Å²) in [4.78, 5) is 33.2. The molecule has 1 aliphatic carbocycles. The number of hydrogen-bond donors (Lipinski definition) is 4. The van der Waals surface area contributed by atoms with Gasteiger partial charge in [-0.15, -0.1) is 0 Å². The van der Waals surface area contributed by atoms with Crippen LogP contribution < -0.4 is 16.6 Å². The first kappa shape index (κ1) is 26.8. The van der Waals surface area contributed by atoms with Crippen molar-refractivity contribution in [2.75, 3.05) is 13.6 Å². The number of aromatic nitrogens is 1. The molecule has 0 aliphatic heterocycles. The SMILES string of the molecule is C=C(/C(F)=C(\N=C(C)N)NNC(=O)[C@H](CC1CCCC1)CN(O)C=O)N(C)Cc1ccncc1. The van der Waals surface area contributed by atoms with Crippen molar-refractivity contribution < 1.29 is 19.2 Å². The molecule has 1 fully saturated rings. The highest BCUT2D eigenvalue weighted by molar-refractivity contribution is 5.80. The van der Waals surface area contributed by atoms with Crippen molar-refractivity contribution in [2.45, 2.75) is 45.6 Å². The molecular weight excluding hydrogens is 441 g/mol. The number of hydrazine groups is 1. The van der Waals surface area contributed by atoms with Crippen molar-refractivity contribution >= 4 is 18.2 Å². The molecule has 0 radical (unpaired) electrons. The number of pyridine rings is 1. The summed E-state index contributed by atoms with van der Waals surface area (Å²) >= 11 is 0. The molecule has 1 aliphatic rings. The van der Waals surface area contributed by atoms with Crippen LogP contribution in [0.25, 0.3) is 0 Å². The van der Waals surface area contributed by atoms with Crippen molar-refractivity contribution in [3.05, 3.63) is 54.0 Å². The second kappa shape index (κ2) is 13.3. The number of amides is 2. The van der Waals surface area contributed by atoms with Crippen LogP contribution in [0.1, 0.15) is 44.6 Å². The summed E-state index contributed by atoms with van der Waals surface area (Å²) in [7, 11) is 1.67. The quantitative estimate of drug-likeness (QED) is 0.0857. The van der Waals surface area contributed by atoms with E-state index in [-0.39, 0.29) is 30.3 Å². The summed E-state index contributed by atoms with van der Waals surface area (Å²) < 4.78 is 15.3. The van der Waals surface area contributed by atoms with E-state index in [9.17, 15) is 14.8 Å². The molecule has 2 amide bonds. The number of hydrogen-bond acceptors (Lipinski definition) is 7. The normalized spacial score (nSPS) is 15.8. The first-order chi connectivity index (χ1) is 16.2. The maximum atomic E-state index is 15.3. The standard InChI is InChI=1S/C23H34FN7O3/c1-16(30(3)13-19-8-10-26-11-9-19)21(24)22(27-17(2)25)28-29-23(33)20(14-31(34)15-32)12-18-6-4-5-7-18/h8-11,15,18,20,28,34H,1,4-7,12-14H2,2-3H3,(H2,25,27)(H,29,33)/b22-21-/t20-/m1/s1. The maximum absolute atomic E-state index is 15.3. The molecule has 11 heteroatoms. The van der Waals surface area contributed by atoms with Gasteiger partial charge in [0.1, 0.15) is 0 Å². The molecule has 1 atom stereocenters. The number of halogens is 1. The number of amidine groups is 1. The van der Waals surface area contributed by atoms with Crippen LogP contribution in [0, 0.1) is 11.8 Å². The fourth-order valence-corrected chi connectivity index (χ4v) is 3.87. The van der Waals surface area contributed by atoms with E-state index in [1.165, 1.54) is 6.92 Å². The van der Waals surface area contributed by atoms with E-state index < -0.39 is 17.7 Å². The number of carbonyl (C=O) groups is 2. The summed E-state index contributed by atoms with van der Waals surface area (Å²) in [6.45, 7) is 5.48. The minimum Gasteiger partial charge on any atom is -0.387 e. The molecule has 0 spiro atoms. The monoisotopic (exact) mass is 475 g/mol. The topological polar surface area (TPSA) is 136 Å². The minimum atomic E-state index is -0.800. The van der Waals surface area contributed by atoms with Crippen LogP contribution in [0.2, 0.25) is 0 Å². The third-order valence-electron chi connectivity index (χ3n) is 5.68. The van der Waals surface area contributed by atoms with E-state index in [1.807, 2.05) is 0 Å². The van der Waals surface area contributed by atoms with Gasteiger partial charge in [-0.25, -0.2) is 14.4 Å². The average Bonchev–Trinajstić information content (AvgIpc) is 3.33. The van der Waals surface area contributed by atoms with Crippen molar-refractivity contribution in [3.63, 3.8) is 0 Å². The summed E-state index contributed by atoms with van der Waals surface area (Å²) in [5.74, 6) is -1.90. The van der Waals surface area contributed by atoms with E-state index >= 15 is 4.39 Å². The summed E-state index contributed by atoms with van der Waals surface area (Å²) in [6, 6.07) is 3.61. The summed E-state index contributed by atoms with van der Waals surface area (Å²) in [5, 5.41) is 10.1. The molecule has 1 saturated carbocycles. The number of nitrogens with two attached hydrogens (primary N) is 1. The second-order valence-electron chi connectivity index (χ2n) is 8.50.